The highest BCUT2D eigenvalue weighted by Crippen LogP contribution is 2.20. The summed E-state index contributed by atoms with van der Waals surface area (Å²) in [5.41, 5.74) is 6.00. The minimum Gasteiger partial charge on any atom is -0.394 e. The number of aliphatic hydroxyl groups is 1. The molecule has 1 rings (SSSR count). The number of aliphatic hydroxyl groups excluding tert-OH is 1. The van der Waals surface area contributed by atoms with Crippen LogP contribution in [0.1, 0.15) is 12.6 Å². The van der Waals surface area contributed by atoms with E-state index in [1.807, 2.05) is 0 Å². The van der Waals surface area contributed by atoms with Crippen LogP contribution in [0.3, 0.4) is 0 Å². The fourth-order valence-corrected chi connectivity index (χ4v) is 2.48. The molecule has 0 bridgehead atoms. The van der Waals surface area contributed by atoms with Crippen molar-refractivity contribution < 1.29 is 28.6 Å². The second kappa shape index (κ2) is 12.9. The van der Waals surface area contributed by atoms with Crippen molar-refractivity contribution in [3.8, 4) is 0 Å². The number of ether oxygens (including phenoxy) is 1. The SMILES string of the molecule is CC(OC(CO)COPOCc1cnc([N+](=O)[O-])n1C)N(C)/C=C\C(N)=NC=O. The summed E-state index contributed by atoms with van der Waals surface area (Å²) in [6, 6.07) is 0. The van der Waals surface area contributed by atoms with Gasteiger partial charge in [0.15, 0.2) is 9.03 Å². The zero-order valence-electron chi connectivity index (χ0n) is 16.3. The lowest BCUT2D eigenvalue weighted by Crippen LogP contribution is -2.35. The van der Waals surface area contributed by atoms with Gasteiger partial charge in [0.2, 0.25) is 6.41 Å². The van der Waals surface area contributed by atoms with Gasteiger partial charge in [-0.3, -0.25) is 4.79 Å². The average molecular weight is 432 g/mol. The average Bonchev–Trinajstić information content (AvgIpc) is 3.05. The molecule has 0 fully saturated rings. The first-order valence-electron chi connectivity index (χ1n) is 8.37. The Morgan fingerprint density at radius 1 is 1.59 bits per heavy atom. The van der Waals surface area contributed by atoms with Gasteiger partial charge in [0, 0.05) is 13.2 Å². The van der Waals surface area contributed by atoms with E-state index in [1.54, 1.807) is 25.1 Å². The number of amides is 1. The third-order valence-corrected chi connectivity index (χ3v) is 4.23. The fraction of sp³-hybridized carbons (Fsp3) is 0.533. The molecule has 1 aromatic rings. The molecular weight excluding hydrogens is 407 g/mol. The van der Waals surface area contributed by atoms with Gasteiger partial charge in [-0.15, -0.1) is 0 Å². The lowest BCUT2D eigenvalue weighted by molar-refractivity contribution is -0.396. The maximum atomic E-state index is 10.7. The van der Waals surface area contributed by atoms with Crippen molar-refractivity contribution in [1.29, 1.82) is 0 Å². The fourth-order valence-electron chi connectivity index (χ4n) is 1.94. The molecule has 0 saturated carbocycles. The predicted molar refractivity (Wildman–Crippen MR) is 105 cm³/mol. The second-order valence-corrected chi connectivity index (χ2v) is 6.47. The van der Waals surface area contributed by atoms with Gasteiger partial charge >= 0.3 is 5.95 Å². The maximum absolute atomic E-state index is 10.7. The second-order valence-electron chi connectivity index (χ2n) is 5.73. The van der Waals surface area contributed by atoms with Gasteiger partial charge in [0.05, 0.1) is 20.3 Å². The molecule has 1 aromatic heterocycles. The van der Waals surface area contributed by atoms with Crippen LogP contribution in [0.4, 0.5) is 5.95 Å². The zero-order valence-corrected chi connectivity index (χ0v) is 17.3. The van der Waals surface area contributed by atoms with Gasteiger partial charge < -0.3 is 39.6 Å². The number of carbonyl (C=O) groups excluding carboxylic acids is 1. The molecule has 0 spiro atoms. The molecule has 1 heterocycles. The monoisotopic (exact) mass is 432 g/mol. The summed E-state index contributed by atoms with van der Waals surface area (Å²) < 4.78 is 17.7. The molecule has 3 atom stereocenters. The first-order valence-corrected chi connectivity index (χ1v) is 9.18. The molecule has 13 nitrogen and oxygen atoms in total. The Balaban J connectivity index is 2.35. The standard InChI is InChI=1S/C15H25N6O7P/c1-11(19(2)5-4-14(16)18-10-23)28-13(7-22)9-27-29-26-8-12-6-17-15(20(12)3)21(24)25/h4-6,10-11,13,22,29H,7-9H2,1-3H3,(H2,16,18,23)/b5-4-. The van der Waals surface area contributed by atoms with Crippen LogP contribution in [-0.2, 0) is 32.2 Å². The van der Waals surface area contributed by atoms with Crippen LogP contribution in [0.2, 0.25) is 0 Å². The number of nitrogens with zero attached hydrogens (tertiary/aromatic N) is 5. The number of imidazole rings is 1. The summed E-state index contributed by atoms with van der Waals surface area (Å²) in [6.45, 7) is 1.66. The maximum Gasteiger partial charge on any atom is 0.434 e. The van der Waals surface area contributed by atoms with E-state index in [0.29, 0.717) is 12.1 Å². The zero-order chi connectivity index (χ0) is 21.8. The van der Waals surface area contributed by atoms with Crippen LogP contribution in [0.25, 0.3) is 0 Å². The molecule has 0 aliphatic carbocycles. The molecule has 162 valence electrons. The molecule has 0 aliphatic heterocycles. The number of carbonyl (C=O) groups is 1. The molecule has 0 aromatic carbocycles. The molecule has 29 heavy (non-hydrogen) atoms. The van der Waals surface area contributed by atoms with Crippen molar-refractivity contribution in [2.45, 2.75) is 25.9 Å². The van der Waals surface area contributed by atoms with E-state index < -0.39 is 17.3 Å². The summed E-state index contributed by atoms with van der Waals surface area (Å²) >= 11 is 0. The van der Waals surface area contributed by atoms with Crippen molar-refractivity contribution >= 4 is 27.2 Å². The summed E-state index contributed by atoms with van der Waals surface area (Å²) in [7, 11) is 2.89. The van der Waals surface area contributed by atoms with Gasteiger partial charge in [-0.05, 0) is 17.9 Å². The largest absolute Gasteiger partial charge is 0.434 e. The predicted octanol–water partition coefficient (Wildman–Crippen LogP) is 0.0526. The van der Waals surface area contributed by atoms with Crippen LogP contribution in [0.5, 0.6) is 0 Å². The highest BCUT2D eigenvalue weighted by molar-refractivity contribution is 7.26. The Bertz CT molecular complexity index is 726. The van der Waals surface area contributed by atoms with Gasteiger partial charge in [-0.2, -0.15) is 4.99 Å². The van der Waals surface area contributed by atoms with Gasteiger partial charge in [0.25, 0.3) is 0 Å². The summed E-state index contributed by atoms with van der Waals surface area (Å²) in [6.07, 6.45) is 3.71. The number of hydrogen-bond acceptors (Lipinski definition) is 9. The van der Waals surface area contributed by atoms with E-state index in [4.69, 9.17) is 19.5 Å². The number of aromatic nitrogens is 2. The molecule has 14 heteroatoms. The molecule has 1 amide bonds. The smallest absolute Gasteiger partial charge is 0.394 e. The minimum atomic E-state index is -0.601. The van der Waals surface area contributed by atoms with Crippen molar-refractivity contribution in [1.82, 2.24) is 14.5 Å². The molecule has 0 saturated heterocycles. The van der Waals surface area contributed by atoms with Gasteiger partial charge in [0.1, 0.15) is 36.7 Å². The topological polar surface area (TPSA) is 168 Å². The molecular formula is C15H25N6O7P. The summed E-state index contributed by atoms with van der Waals surface area (Å²) in [5, 5.41) is 20.2. The van der Waals surface area contributed by atoms with E-state index in [2.05, 4.69) is 9.98 Å². The number of rotatable bonds is 14. The number of nitrogens with two attached hydrogens (primary N) is 1. The number of aliphatic imine (C=N–C) groups is 1. The van der Waals surface area contributed by atoms with Crippen LogP contribution in [-0.4, -0.2) is 69.3 Å². The van der Waals surface area contributed by atoms with Crippen molar-refractivity contribution in [3.05, 3.63) is 34.3 Å². The lowest BCUT2D eigenvalue weighted by atomic mass is 10.4. The Morgan fingerprint density at radius 2 is 2.31 bits per heavy atom. The van der Waals surface area contributed by atoms with Crippen molar-refractivity contribution in [2.24, 2.45) is 17.8 Å². The van der Waals surface area contributed by atoms with Crippen LogP contribution in [0, 0.1) is 10.1 Å². The first-order chi connectivity index (χ1) is 13.8. The number of nitro groups is 1. The van der Waals surface area contributed by atoms with E-state index in [-0.39, 0.29) is 40.6 Å². The lowest BCUT2D eigenvalue weighted by Gasteiger charge is -2.27. The molecule has 3 unspecified atom stereocenters. The van der Waals surface area contributed by atoms with Crippen molar-refractivity contribution in [2.75, 3.05) is 20.3 Å². The molecule has 0 aliphatic rings. The third-order valence-electron chi connectivity index (χ3n) is 3.68. The van der Waals surface area contributed by atoms with Crippen LogP contribution in [0.15, 0.2) is 23.5 Å². The Labute approximate surface area is 169 Å². The first kappa shape index (κ1) is 24.6. The minimum absolute atomic E-state index is 0.0539. The quantitative estimate of drug-likeness (QED) is 0.0599. The van der Waals surface area contributed by atoms with E-state index in [9.17, 15) is 20.0 Å². The number of amidine groups is 1. The van der Waals surface area contributed by atoms with E-state index in [0.717, 1.165) is 0 Å². The van der Waals surface area contributed by atoms with Gasteiger partial charge in [-0.25, -0.2) is 4.57 Å². The highest BCUT2D eigenvalue weighted by atomic mass is 31.1. The normalized spacial score (nSPS) is 14.6. The Morgan fingerprint density at radius 3 is 2.90 bits per heavy atom. The van der Waals surface area contributed by atoms with Crippen molar-refractivity contribution in [3.63, 3.8) is 0 Å². The van der Waals surface area contributed by atoms with E-state index >= 15 is 0 Å². The summed E-state index contributed by atoms with van der Waals surface area (Å²) in [4.78, 5) is 29.1. The molecule has 3 N–H and O–H groups in total. The Hall–Kier alpha value is -2.44. The van der Waals surface area contributed by atoms with E-state index in [1.165, 1.54) is 23.9 Å². The van der Waals surface area contributed by atoms with Crippen LogP contribution < -0.4 is 5.73 Å². The summed E-state index contributed by atoms with van der Waals surface area (Å²) in [5.74, 6) is -0.217. The third kappa shape index (κ3) is 8.62. The molecule has 0 radical (unpaired) electrons. The number of hydrogen-bond donors (Lipinski definition) is 2. The highest BCUT2D eigenvalue weighted by Gasteiger charge is 2.18. The van der Waals surface area contributed by atoms with Crippen LogP contribution >= 0.6 is 9.03 Å². The Kier molecular flexibility index (Phi) is 10.9. The van der Waals surface area contributed by atoms with Gasteiger partial charge in [-0.1, -0.05) is 4.98 Å².